The number of nitrogen functional groups attached to an aromatic ring is 1. The molecule has 4 aromatic rings. The van der Waals surface area contributed by atoms with E-state index in [0.29, 0.717) is 49.9 Å². The minimum absolute atomic E-state index is 0.0340. The summed E-state index contributed by atoms with van der Waals surface area (Å²) in [5.74, 6) is -0.198. The number of nitrogens with two attached hydrogens (primary N) is 1. The van der Waals surface area contributed by atoms with Gasteiger partial charge in [0.1, 0.15) is 40.4 Å². The summed E-state index contributed by atoms with van der Waals surface area (Å²) in [6.45, 7) is 8.00. The molecule has 2 aromatic heterocycles. The number of aromatic nitrogens is 2. The van der Waals surface area contributed by atoms with E-state index in [9.17, 15) is 5.26 Å². The zero-order valence-corrected chi connectivity index (χ0v) is 29.1. The third kappa shape index (κ3) is 5.17. The molecular formula is C35H37ClF2N6O4S. The standard InChI is InChI=1S/C35H37ClF2N6O4S/c1-18-11-35(8-4-9-43(35)13-18)17-48-33-41-28-25-29(47-10-7-19-14-46-16-34(2,45-3)15-44(19)32(25)42-33)26(36)24(27(28)38)20-5-6-22(37)30-23(20)21(12-39)31(40)49-30/h5-6,18-19H,4,7-11,13-17,40H2,1-3H3/t18-,19?,34?,35+/m1/s1. The number of hydrogen-bond donors (Lipinski definition) is 1. The highest BCUT2D eigenvalue weighted by Gasteiger charge is 2.48. The molecule has 10 nitrogen and oxygen atoms in total. The summed E-state index contributed by atoms with van der Waals surface area (Å²) >= 11 is 8.06. The number of rotatable bonds is 5. The first kappa shape index (κ1) is 32.7. The summed E-state index contributed by atoms with van der Waals surface area (Å²) in [6.07, 6.45) is 3.66. The normalized spacial score (nSPS) is 26.9. The van der Waals surface area contributed by atoms with Crippen molar-refractivity contribution >= 4 is 54.7 Å². The van der Waals surface area contributed by atoms with Crippen molar-refractivity contribution in [3.8, 4) is 29.0 Å². The minimum Gasteiger partial charge on any atom is -0.491 e. The van der Waals surface area contributed by atoms with Crippen LogP contribution in [0.3, 0.4) is 0 Å². The first-order valence-electron chi connectivity index (χ1n) is 16.6. The third-order valence-electron chi connectivity index (χ3n) is 10.7. The number of nitriles is 1. The maximum atomic E-state index is 17.4. The number of anilines is 2. The first-order chi connectivity index (χ1) is 23.6. The molecule has 8 rings (SSSR count). The van der Waals surface area contributed by atoms with Crippen molar-refractivity contribution in [1.82, 2.24) is 14.9 Å². The molecule has 0 aliphatic carbocycles. The summed E-state index contributed by atoms with van der Waals surface area (Å²) in [4.78, 5) is 14.3. The Hall–Kier alpha value is -3.54. The van der Waals surface area contributed by atoms with Gasteiger partial charge in [-0.1, -0.05) is 24.6 Å². The lowest BCUT2D eigenvalue weighted by Gasteiger charge is -2.37. The van der Waals surface area contributed by atoms with E-state index in [4.69, 9.17) is 46.3 Å². The maximum absolute atomic E-state index is 17.4. The lowest BCUT2D eigenvalue weighted by molar-refractivity contribution is -0.0460. The lowest BCUT2D eigenvalue weighted by Crippen LogP contribution is -2.48. The van der Waals surface area contributed by atoms with Crippen LogP contribution in [0.5, 0.6) is 11.8 Å². The van der Waals surface area contributed by atoms with Crippen molar-refractivity contribution in [3.05, 3.63) is 34.4 Å². The Balaban J connectivity index is 1.37. The largest absolute Gasteiger partial charge is 0.491 e. The molecule has 0 radical (unpaired) electrons. The monoisotopic (exact) mass is 710 g/mol. The molecule has 4 aliphatic rings. The van der Waals surface area contributed by atoms with E-state index in [-0.39, 0.29) is 72.3 Å². The van der Waals surface area contributed by atoms with Crippen molar-refractivity contribution in [1.29, 1.82) is 5.26 Å². The number of fused-ring (bicyclic) bond motifs is 4. The van der Waals surface area contributed by atoms with Crippen LogP contribution < -0.4 is 20.1 Å². The Morgan fingerprint density at radius 2 is 2.10 bits per heavy atom. The van der Waals surface area contributed by atoms with Crippen LogP contribution in [0.15, 0.2) is 12.1 Å². The Kier molecular flexibility index (Phi) is 8.03. The van der Waals surface area contributed by atoms with Crippen molar-refractivity contribution in [2.24, 2.45) is 5.92 Å². The highest BCUT2D eigenvalue weighted by Crippen LogP contribution is 2.51. The molecular weight excluding hydrogens is 674 g/mol. The van der Waals surface area contributed by atoms with E-state index < -0.39 is 17.2 Å². The smallest absolute Gasteiger partial charge is 0.319 e. The highest BCUT2D eigenvalue weighted by molar-refractivity contribution is 7.23. The molecule has 3 saturated heterocycles. The molecule has 4 aliphatic heterocycles. The van der Waals surface area contributed by atoms with Gasteiger partial charge in [-0.3, -0.25) is 4.90 Å². The fraction of sp³-hybridized carbons (Fsp3) is 0.514. The van der Waals surface area contributed by atoms with E-state index >= 15 is 8.78 Å². The maximum Gasteiger partial charge on any atom is 0.319 e. The van der Waals surface area contributed by atoms with Crippen LogP contribution in [-0.2, 0) is 9.47 Å². The molecule has 2 aromatic carbocycles. The van der Waals surface area contributed by atoms with Gasteiger partial charge < -0.3 is 29.6 Å². The number of halogens is 3. The number of nitrogens with zero attached hydrogens (tertiary/aromatic N) is 5. The van der Waals surface area contributed by atoms with Gasteiger partial charge in [-0.25, -0.2) is 8.78 Å². The predicted molar refractivity (Wildman–Crippen MR) is 185 cm³/mol. The molecule has 49 heavy (non-hydrogen) atoms. The first-order valence-corrected chi connectivity index (χ1v) is 17.8. The molecule has 6 heterocycles. The van der Waals surface area contributed by atoms with E-state index in [1.807, 2.05) is 6.92 Å². The van der Waals surface area contributed by atoms with Crippen LogP contribution in [0.1, 0.15) is 45.1 Å². The molecule has 2 unspecified atom stereocenters. The third-order valence-corrected chi connectivity index (χ3v) is 12.1. The average Bonchev–Trinajstić information content (AvgIpc) is 3.68. The Morgan fingerprint density at radius 3 is 2.90 bits per heavy atom. The van der Waals surface area contributed by atoms with Crippen molar-refractivity contribution in [2.45, 2.75) is 56.7 Å². The number of hydrogen-bond acceptors (Lipinski definition) is 11. The van der Waals surface area contributed by atoms with Gasteiger partial charge in [0, 0.05) is 31.0 Å². The van der Waals surface area contributed by atoms with Gasteiger partial charge in [0.2, 0.25) is 0 Å². The van der Waals surface area contributed by atoms with E-state index in [2.05, 4.69) is 22.8 Å². The van der Waals surface area contributed by atoms with E-state index in [1.165, 1.54) is 12.1 Å². The van der Waals surface area contributed by atoms with Crippen molar-refractivity contribution in [2.75, 3.05) is 63.8 Å². The quantitative estimate of drug-likeness (QED) is 0.245. The van der Waals surface area contributed by atoms with Gasteiger partial charge >= 0.3 is 6.01 Å². The summed E-state index contributed by atoms with van der Waals surface area (Å²) in [5, 5.41) is 10.6. The fourth-order valence-electron chi connectivity index (χ4n) is 8.35. The van der Waals surface area contributed by atoms with Crippen molar-refractivity contribution in [3.63, 3.8) is 0 Å². The Bertz CT molecular complexity index is 2040. The van der Waals surface area contributed by atoms with Gasteiger partial charge in [0.15, 0.2) is 11.6 Å². The number of thiophene rings is 1. The van der Waals surface area contributed by atoms with Crippen molar-refractivity contribution < 1.29 is 27.7 Å². The number of methoxy groups -OCH3 is 1. The van der Waals surface area contributed by atoms with Gasteiger partial charge in [-0.15, -0.1) is 11.3 Å². The zero-order valence-electron chi connectivity index (χ0n) is 27.6. The average molecular weight is 711 g/mol. The molecule has 0 saturated carbocycles. The van der Waals surface area contributed by atoms with Crippen LogP contribution in [0, 0.1) is 28.9 Å². The topological polar surface area (TPSA) is 119 Å². The predicted octanol–water partition coefficient (Wildman–Crippen LogP) is 6.54. The minimum atomic E-state index is -0.768. The molecule has 258 valence electrons. The van der Waals surface area contributed by atoms with Gasteiger partial charge in [0.05, 0.1) is 58.6 Å². The summed E-state index contributed by atoms with van der Waals surface area (Å²) in [5.41, 5.74) is 5.47. The molecule has 14 heteroatoms. The summed E-state index contributed by atoms with van der Waals surface area (Å²) < 4.78 is 57.4. The van der Waals surface area contributed by atoms with Gasteiger partial charge in [-0.2, -0.15) is 15.2 Å². The molecule has 0 spiro atoms. The highest BCUT2D eigenvalue weighted by atomic mass is 35.5. The van der Waals surface area contributed by atoms with Crippen LogP contribution in [0.2, 0.25) is 5.02 Å². The van der Waals surface area contributed by atoms with Crippen LogP contribution in [0.25, 0.3) is 32.1 Å². The van der Waals surface area contributed by atoms with Gasteiger partial charge in [-0.05, 0) is 50.3 Å². The van der Waals surface area contributed by atoms with E-state index in [1.54, 1.807) is 7.11 Å². The van der Waals surface area contributed by atoms with E-state index in [0.717, 1.165) is 43.7 Å². The fourth-order valence-corrected chi connectivity index (χ4v) is 9.64. The molecule has 4 atom stereocenters. The molecule has 0 amide bonds. The SMILES string of the molecule is COC1(C)COCC2CCOc3c(Cl)c(-c4ccc(F)c5sc(N)c(C#N)c45)c(F)c4nc(OC[C@@]56CCCN5C[C@H](C)C6)nc(c34)N2C1. The molecule has 2 N–H and O–H groups in total. The second-order valence-electron chi connectivity index (χ2n) is 14.1. The van der Waals surface area contributed by atoms with Crippen LogP contribution in [0.4, 0.5) is 19.6 Å². The Morgan fingerprint density at radius 1 is 1.27 bits per heavy atom. The van der Waals surface area contributed by atoms with Crippen LogP contribution in [-0.4, -0.2) is 85.2 Å². The second-order valence-corrected chi connectivity index (χ2v) is 15.5. The number of ether oxygens (including phenoxy) is 4. The summed E-state index contributed by atoms with van der Waals surface area (Å²) in [7, 11) is 1.64. The van der Waals surface area contributed by atoms with Crippen LogP contribution >= 0.6 is 22.9 Å². The molecule has 3 fully saturated rings. The van der Waals surface area contributed by atoms with Gasteiger partial charge in [0.25, 0.3) is 0 Å². The Labute approximate surface area is 291 Å². The zero-order chi connectivity index (χ0) is 34.2. The lowest BCUT2D eigenvalue weighted by atomic mass is 9.92. The second kappa shape index (κ2) is 12.1. The summed E-state index contributed by atoms with van der Waals surface area (Å²) in [6, 6.07) is 4.57. The number of benzene rings is 2. The molecule has 0 bridgehead atoms.